The molecular weight excluding hydrogens is 589 g/mol. The number of benzene rings is 3. The van der Waals surface area contributed by atoms with E-state index >= 15 is 0 Å². The Bertz CT molecular complexity index is 2190. The van der Waals surface area contributed by atoms with Crippen LogP contribution in [0.4, 0.5) is 5.69 Å². The van der Waals surface area contributed by atoms with Crippen LogP contribution in [0.1, 0.15) is 28.8 Å². The van der Waals surface area contributed by atoms with Gasteiger partial charge in [0.25, 0.3) is 0 Å². The Morgan fingerprint density at radius 2 is 1.93 bits per heavy atom. The minimum absolute atomic E-state index is 0.216. The number of hydrogen-bond acceptors (Lipinski definition) is 4. The fourth-order valence-corrected chi connectivity index (χ4v) is 5.95. The average molecular weight is 616 g/mol. The Morgan fingerprint density at radius 3 is 2.69 bits per heavy atom. The number of carbonyl (C=O) groups is 1. The number of oxazole rings is 1. The van der Waals surface area contributed by atoms with Crippen molar-refractivity contribution >= 4 is 76.6 Å². The lowest BCUT2D eigenvalue weighted by atomic mass is 9.93. The van der Waals surface area contributed by atoms with Crippen LogP contribution in [0.5, 0.6) is 0 Å². The molecule has 0 aliphatic heterocycles. The van der Waals surface area contributed by atoms with E-state index < -0.39 is 5.97 Å². The molecule has 0 amide bonds. The molecule has 0 unspecified atom stereocenters. The SMILES string of the molecule is [B]c1cc(Br)c(N=c2o/c(=C/c3ccc4c(c3)c3c(n4-c4ccccc4)=CCCC=3)c(=C)n2CC=C)c(C(=O)OC)c1. The van der Waals surface area contributed by atoms with E-state index in [9.17, 15) is 4.79 Å². The normalized spacial score (nSPS) is 13.5. The predicted octanol–water partition coefficient (Wildman–Crippen LogP) is 3.38. The van der Waals surface area contributed by atoms with E-state index in [-0.39, 0.29) is 11.2 Å². The quantitative estimate of drug-likeness (QED) is 0.167. The van der Waals surface area contributed by atoms with E-state index in [0.29, 0.717) is 32.9 Å². The molecule has 1 aliphatic carbocycles. The number of ether oxygens (including phenoxy) is 1. The fourth-order valence-electron chi connectivity index (χ4n) is 5.38. The number of carbonyl (C=O) groups excluding carboxylic acids is 1. The number of esters is 1. The molecule has 8 heteroatoms. The molecular formula is C34H27BBrN3O3. The van der Waals surface area contributed by atoms with Crippen molar-refractivity contribution in [2.75, 3.05) is 7.11 Å². The third-order valence-electron chi connectivity index (χ3n) is 7.29. The van der Waals surface area contributed by atoms with Crippen molar-refractivity contribution in [1.29, 1.82) is 0 Å². The first-order chi connectivity index (χ1) is 20.4. The van der Waals surface area contributed by atoms with E-state index in [4.69, 9.17) is 22.0 Å². The van der Waals surface area contributed by atoms with Crippen molar-refractivity contribution in [1.82, 2.24) is 9.13 Å². The zero-order valence-corrected chi connectivity index (χ0v) is 24.7. The number of methoxy groups -OCH3 is 1. The van der Waals surface area contributed by atoms with Crippen LogP contribution in [0.15, 0.2) is 87.2 Å². The van der Waals surface area contributed by atoms with Crippen LogP contribution in [-0.4, -0.2) is 30.1 Å². The number of rotatable bonds is 6. The Labute approximate surface area is 252 Å². The summed E-state index contributed by atoms with van der Waals surface area (Å²) in [5, 5.41) is 4.26. The van der Waals surface area contributed by atoms with E-state index in [0.717, 1.165) is 29.6 Å². The van der Waals surface area contributed by atoms with Gasteiger partial charge in [-0.15, -0.1) is 6.58 Å². The summed E-state index contributed by atoms with van der Waals surface area (Å²) in [5.74, 6) is -0.557. The van der Waals surface area contributed by atoms with E-state index in [1.807, 2.05) is 12.1 Å². The minimum atomic E-state index is -0.557. The molecule has 5 aromatic rings. The van der Waals surface area contributed by atoms with Crippen LogP contribution >= 0.6 is 15.9 Å². The van der Waals surface area contributed by atoms with Crippen LogP contribution in [0, 0.1) is 0 Å². The third kappa shape index (κ3) is 4.92. The van der Waals surface area contributed by atoms with Crippen LogP contribution in [-0.2, 0) is 11.3 Å². The van der Waals surface area contributed by atoms with E-state index in [1.165, 1.54) is 29.1 Å². The number of hydrogen-bond donors (Lipinski definition) is 0. The molecule has 42 heavy (non-hydrogen) atoms. The van der Waals surface area contributed by atoms with Gasteiger partial charge in [-0.25, -0.2) is 4.79 Å². The summed E-state index contributed by atoms with van der Waals surface area (Å²) >= 11 is 3.48. The third-order valence-corrected chi connectivity index (χ3v) is 7.89. The summed E-state index contributed by atoms with van der Waals surface area (Å²) in [6.07, 6.45) is 10.4. The summed E-state index contributed by atoms with van der Waals surface area (Å²) in [6.45, 7) is 8.56. The smallest absolute Gasteiger partial charge is 0.340 e. The molecule has 2 heterocycles. The van der Waals surface area contributed by atoms with Crippen LogP contribution in [0.25, 0.3) is 41.4 Å². The molecule has 206 valence electrons. The van der Waals surface area contributed by atoms with Crippen molar-refractivity contribution in [2.24, 2.45) is 4.99 Å². The molecule has 0 atom stereocenters. The molecule has 0 saturated carbocycles. The molecule has 2 aromatic heterocycles. The van der Waals surface area contributed by atoms with Gasteiger partial charge in [0.2, 0.25) is 0 Å². The highest BCUT2D eigenvalue weighted by atomic mass is 79.9. The van der Waals surface area contributed by atoms with Crippen LogP contribution in [0.3, 0.4) is 0 Å². The minimum Gasteiger partial charge on any atom is -0.465 e. The molecule has 3 aromatic carbocycles. The number of para-hydroxylation sites is 1. The lowest BCUT2D eigenvalue weighted by Crippen LogP contribution is -2.30. The molecule has 2 radical (unpaired) electrons. The van der Waals surface area contributed by atoms with Gasteiger partial charge in [-0.2, -0.15) is 4.99 Å². The first-order valence-electron chi connectivity index (χ1n) is 13.5. The number of aromatic nitrogens is 2. The van der Waals surface area contributed by atoms with Crippen molar-refractivity contribution in [3.05, 3.63) is 116 Å². The second-order valence-electron chi connectivity index (χ2n) is 9.97. The Morgan fingerprint density at radius 1 is 1.14 bits per heavy atom. The molecule has 0 spiro atoms. The Hall–Kier alpha value is -4.56. The molecule has 6 nitrogen and oxygen atoms in total. The highest BCUT2D eigenvalue weighted by Crippen LogP contribution is 2.28. The molecule has 0 fully saturated rings. The van der Waals surface area contributed by atoms with Gasteiger partial charge in [0.1, 0.15) is 7.85 Å². The maximum atomic E-state index is 12.5. The molecule has 0 N–H and O–H groups in total. The number of nitrogens with zero attached hydrogens (tertiary/aromatic N) is 3. The zero-order chi connectivity index (χ0) is 29.4. The standard InChI is InChI=1S/C34H27BBrN3O3/c1-4-16-38-21(2)31(42-34(38)37-32-27(33(40)41-3)19-23(35)20-28(32)36)18-22-14-15-30-26(17-22)25-12-8-9-13-29(25)39(30)24-10-6-5-7-11-24/h4-7,10-15,17-20H,1-2,8-9,16H2,3H3/b31-18+,37-34?. The van der Waals surface area contributed by atoms with E-state index in [2.05, 4.69) is 88.3 Å². The van der Waals surface area contributed by atoms with Gasteiger partial charge >= 0.3 is 11.7 Å². The molecule has 1 aliphatic rings. The van der Waals surface area contributed by atoms with Gasteiger partial charge in [0.15, 0.2) is 5.42 Å². The van der Waals surface area contributed by atoms with Gasteiger partial charge in [-0.3, -0.25) is 4.57 Å². The largest absolute Gasteiger partial charge is 0.465 e. The predicted molar refractivity (Wildman–Crippen MR) is 172 cm³/mol. The highest BCUT2D eigenvalue weighted by Gasteiger charge is 2.17. The Balaban J connectivity index is 1.55. The highest BCUT2D eigenvalue weighted by molar-refractivity contribution is 9.10. The Kier molecular flexibility index (Phi) is 7.48. The molecule has 0 saturated heterocycles. The summed E-state index contributed by atoms with van der Waals surface area (Å²) in [4.78, 5) is 17.2. The van der Waals surface area contributed by atoms with Gasteiger partial charge in [-0.1, -0.05) is 66.7 Å². The maximum Gasteiger partial charge on any atom is 0.340 e. The van der Waals surface area contributed by atoms with Gasteiger partial charge in [0, 0.05) is 32.7 Å². The molecule has 6 rings (SSSR count). The molecule has 0 bridgehead atoms. The lowest BCUT2D eigenvalue weighted by molar-refractivity contribution is 0.0601. The summed E-state index contributed by atoms with van der Waals surface area (Å²) in [5.41, 5.74) is 5.02. The van der Waals surface area contributed by atoms with Gasteiger partial charge in [-0.05, 0) is 64.7 Å². The van der Waals surface area contributed by atoms with Crippen molar-refractivity contribution in [3.63, 3.8) is 0 Å². The van der Waals surface area contributed by atoms with Crippen molar-refractivity contribution in [2.45, 2.75) is 19.4 Å². The topological polar surface area (TPSA) is 61.7 Å². The van der Waals surface area contributed by atoms with Crippen molar-refractivity contribution in [3.8, 4) is 5.69 Å². The number of fused-ring (bicyclic) bond motifs is 3. The van der Waals surface area contributed by atoms with Gasteiger partial charge in [0.05, 0.1) is 29.2 Å². The van der Waals surface area contributed by atoms with E-state index in [1.54, 1.807) is 16.7 Å². The van der Waals surface area contributed by atoms with Crippen molar-refractivity contribution < 1.29 is 13.9 Å². The summed E-state index contributed by atoms with van der Waals surface area (Å²) < 4.78 is 15.9. The second kappa shape index (κ2) is 11.4. The van der Waals surface area contributed by atoms with Crippen LogP contribution in [0.2, 0.25) is 0 Å². The average Bonchev–Trinajstić information content (AvgIpc) is 3.48. The fraction of sp³-hybridized carbons (Fsp3) is 0.118. The first kappa shape index (κ1) is 27.6. The first-order valence-corrected chi connectivity index (χ1v) is 14.3. The summed E-state index contributed by atoms with van der Waals surface area (Å²) in [7, 11) is 7.29. The second-order valence-corrected chi connectivity index (χ2v) is 10.8. The van der Waals surface area contributed by atoms with Gasteiger partial charge < -0.3 is 13.7 Å². The zero-order valence-electron chi connectivity index (χ0n) is 23.1. The maximum absolute atomic E-state index is 12.5. The number of halogens is 1. The van der Waals surface area contributed by atoms with Crippen LogP contribution < -0.4 is 32.5 Å². The number of allylic oxidation sites excluding steroid dienone is 1. The summed E-state index contributed by atoms with van der Waals surface area (Å²) in [6, 6.07) is 20.0. The monoisotopic (exact) mass is 615 g/mol. The lowest BCUT2D eigenvalue weighted by Gasteiger charge is -2.07.